The van der Waals surface area contributed by atoms with Gasteiger partial charge in [-0.2, -0.15) is 13.5 Å². The molecule has 0 radical (unpaired) electrons. The lowest BCUT2D eigenvalue weighted by atomic mass is 9.86. The number of aryl methyl sites for hydroxylation is 2. The van der Waals surface area contributed by atoms with Crippen molar-refractivity contribution in [3.63, 3.8) is 0 Å². The lowest BCUT2D eigenvalue weighted by Gasteiger charge is -2.18. The molecule has 0 bridgehead atoms. The number of fused-ring (bicyclic) bond motifs is 5. The Morgan fingerprint density at radius 1 is 0.600 bits per heavy atom. The molecule has 152 valence electrons. The zero-order valence-electron chi connectivity index (χ0n) is 16.6. The minimum atomic E-state index is 0. The normalized spacial score (nSPS) is 12.5. The fourth-order valence-corrected chi connectivity index (χ4v) is 4.08. The Morgan fingerprint density at radius 3 is 2.03 bits per heavy atom. The van der Waals surface area contributed by atoms with Gasteiger partial charge in [0.2, 0.25) is 0 Å². The number of rotatable bonds is 2. The summed E-state index contributed by atoms with van der Waals surface area (Å²) in [5, 5.41) is 5.64. The van der Waals surface area contributed by atoms with Gasteiger partial charge in [-0.05, 0) is 70.5 Å². The molecule has 0 fully saturated rings. The number of furan rings is 2. The Hall–Kier alpha value is -3.11. The van der Waals surface area contributed by atoms with E-state index in [1.807, 2.05) is 0 Å². The predicted octanol–water partition coefficient (Wildman–Crippen LogP) is 7.65. The van der Waals surface area contributed by atoms with Gasteiger partial charge in [0.1, 0.15) is 0 Å². The van der Waals surface area contributed by atoms with Gasteiger partial charge < -0.3 is 13.6 Å². The lowest BCUT2D eigenvalue weighted by Crippen LogP contribution is -2.02. The van der Waals surface area contributed by atoms with Crippen LogP contribution in [0.2, 0.25) is 0 Å². The van der Waals surface area contributed by atoms with Gasteiger partial charge in [-0.1, -0.05) is 48.5 Å². The highest BCUT2D eigenvalue weighted by Crippen LogP contribution is 2.33. The van der Waals surface area contributed by atoms with E-state index in [2.05, 4.69) is 48.5 Å². The van der Waals surface area contributed by atoms with Gasteiger partial charge in [0.25, 0.3) is 11.9 Å². The van der Waals surface area contributed by atoms with Crippen LogP contribution in [0.5, 0.6) is 11.9 Å². The number of ether oxygens (including phenoxy) is 1. The Kier molecular flexibility index (Phi) is 6.15. The molecule has 2 aromatic heterocycles. The fourth-order valence-electron chi connectivity index (χ4n) is 4.08. The molecule has 5 aromatic rings. The maximum absolute atomic E-state index is 5.12. The monoisotopic (exact) mass is 416 g/mol. The van der Waals surface area contributed by atoms with E-state index in [4.69, 9.17) is 13.6 Å². The van der Waals surface area contributed by atoms with E-state index in [0.29, 0.717) is 11.9 Å². The summed E-state index contributed by atoms with van der Waals surface area (Å²) in [5.74, 6) is 0.861. The molecule has 0 saturated heterocycles. The van der Waals surface area contributed by atoms with Crippen molar-refractivity contribution in [1.82, 2.24) is 0 Å². The van der Waals surface area contributed by atoms with Gasteiger partial charge in [-0.3, -0.25) is 0 Å². The molecule has 0 atom stereocenters. The Balaban J connectivity index is 0.000000157. The molecule has 0 amide bonds. The maximum Gasteiger partial charge on any atom is 0.292 e. The van der Waals surface area contributed by atoms with Crippen LogP contribution in [0, 0.1) is 0 Å². The van der Waals surface area contributed by atoms with E-state index >= 15 is 0 Å². The number of hydrogen-bond donors (Lipinski definition) is 0. The van der Waals surface area contributed by atoms with Crippen molar-refractivity contribution in [2.75, 3.05) is 0 Å². The van der Waals surface area contributed by atoms with Crippen LogP contribution in [0.25, 0.3) is 21.5 Å². The standard InChI is InChI=1S/C18H16.C8H6O3.H2S/c1-3-7-15-13(5-1)9-11-18-16-8-4-2-6-14(16)10-12-17(15)18;1-3-7(9-5-1)11-8-4-2-6-10-8;/h1,3,5,7,9-12H,2,4,6,8H2;1-6H;1H2. The smallest absolute Gasteiger partial charge is 0.292 e. The van der Waals surface area contributed by atoms with Crippen molar-refractivity contribution < 1.29 is 13.6 Å². The first-order chi connectivity index (χ1) is 14.4. The van der Waals surface area contributed by atoms with E-state index in [0.717, 1.165) is 0 Å². The van der Waals surface area contributed by atoms with Crippen LogP contribution >= 0.6 is 13.5 Å². The van der Waals surface area contributed by atoms with Crippen LogP contribution in [-0.4, -0.2) is 0 Å². The van der Waals surface area contributed by atoms with E-state index in [9.17, 15) is 0 Å². The highest BCUT2D eigenvalue weighted by atomic mass is 32.1. The third-order valence-corrected chi connectivity index (χ3v) is 5.45. The van der Waals surface area contributed by atoms with Gasteiger partial charge in [0.05, 0.1) is 12.5 Å². The average Bonchev–Trinajstić information content (AvgIpc) is 3.49. The van der Waals surface area contributed by atoms with Crippen LogP contribution in [0.3, 0.4) is 0 Å². The van der Waals surface area contributed by atoms with E-state index in [1.165, 1.54) is 59.8 Å². The second-order valence-corrected chi connectivity index (χ2v) is 7.26. The minimum Gasteiger partial charge on any atom is -0.434 e. The molecule has 0 N–H and O–H groups in total. The van der Waals surface area contributed by atoms with Crippen molar-refractivity contribution in [1.29, 1.82) is 0 Å². The van der Waals surface area contributed by atoms with Crippen molar-refractivity contribution in [2.24, 2.45) is 0 Å². The van der Waals surface area contributed by atoms with Gasteiger partial charge in [-0.15, -0.1) is 0 Å². The third-order valence-electron chi connectivity index (χ3n) is 5.45. The second kappa shape index (κ2) is 9.14. The zero-order chi connectivity index (χ0) is 19.5. The Bertz CT molecular complexity index is 1190. The summed E-state index contributed by atoms with van der Waals surface area (Å²) in [4.78, 5) is 0. The van der Waals surface area contributed by atoms with E-state index in [1.54, 1.807) is 35.4 Å². The first kappa shape index (κ1) is 20.2. The van der Waals surface area contributed by atoms with Crippen LogP contribution in [0.4, 0.5) is 0 Å². The van der Waals surface area contributed by atoms with E-state index < -0.39 is 0 Å². The molecule has 6 rings (SSSR count). The van der Waals surface area contributed by atoms with Crippen LogP contribution in [0.15, 0.2) is 94.2 Å². The summed E-state index contributed by atoms with van der Waals surface area (Å²) >= 11 is 0. The average molecular weight is 417 g/mol. The van der Waals surface area contributed by atoms with Crippen molar-refractivity contribution in [3.05, 3.63) is 96.4 Å². The molecular formula is C26H24O3S. The van der Waals surface area contributed by atoms with Gasteiger partial charge in [0, 0.05) is 12.1 Å². The SMILES string of the molecule is S.c1ccc2c(c1)ccc1c3c(ccc12)CCCC3.c1coc(Oc2ccco2)c1. The maximum atomic E-state index is 5.12. The molecule has 0 saturated carbocycles. The first-order valence-electron chi connectivity index (χ1n) is 10.1. The largest absolute Gasteiger partial charge is 0.434 e. The van der Waals surface area contributed by atoms with Gasteiger partial charge in [-0.25, -0.2) is 0 Å². The van der Waals surface area contributed by atoms with Crippen molar-refractivity contribution >= 4 is 35.0 Å². The third kappa shape index (κ3) is 4.10. The Labute approximate surface area is 182 Å². The predicted molar refractivity (Wildman–Crippen MR) is 126 cm³/mol. The summed E-state index contributed by atoms with van der Waals surface area (Å²) in [7, 11) is 0. The Morgan fingerprint density at radius 2 is 1.30 bits per heavy atom. The molecule has 0 unspecified atom stereocenters. The summed E-state index contributed by atoms with van der Waals surface area (Å²) in [5.41, 5.74) is 3.17. The molecule has 30 heavy (non-hydrogen) atoms. The molecule has 2 heterocycles. The van der Waals surface area contributed by atoms with Crippen molar-refractivity contribution in [3.8, 4) is 11.9 Å². The molecule has 0 spiro atoms. The number of benzene rings is 3. The van der Waals surface area contributed by atoms with Crippen LogP contribution in [-0.2, 0) is 12.8 Å². The quantitative estimate of drug-likeness (QED) is 0.277. The fraction of sp³-hybridized carbons (Fsp3) is 0.154. The highest BCUT2D eigenvalue weighted by Gasteiger charge is 2.13. The molecule has 3 nitrogen and oxygen atoms in total. The topological polar surface area (TPSA) is 35.5 Å². The van der Waals surface area contributed by atoms with Crippen molar-refractivity contribution in [2.45, 2.75) is 25.7 Å². The molecule has 1 aliphatic rings. The number of hydrogen-bond acceptors (Lipinski definition) is 3. The lowest BCUT2D eigenvalue weighted by molar-refractivity contribution is 0.280. The van der Waals surface area contributed by atoms with Crippen LogP contribution in [0.1, 0.15) is 24.0 Å². The molecule has 1 aliphatic carbocycles. The second-order valence-electron chi connectivity index (χ2n) is 7.26. The minimum absolute atomic E-state index is 0. The van der Waals surface area contributed by atoms with Crippen LogP contribution < -0.4 is 4.74 Å². The summed E-state index contributed by atoms with van der Waals surface area (Å²) in [6.45, 7) is 0. The highest BCUT2D eigenvalue weighted by molar-refractivity contribution is 7.59. The van der Waals surface area contributed by atoms with Gasteiger partial charge in [0.15, 0.2) is 0 Å². The molecule has 4 heteroatoms. The first-order valence-corrected chi connectivity index (χ1v) is 10.1. The summed E-state index contributed by atoms with van der Waals surface area (Å²) in [6.07, 6.45) is 8.30. The molecular weight excluding hydrogens is 392 g/mol. The molecule has 3 aromatic carbocycles. The summed E-state index contributed by atoms with van der Waals surface area (Å²) in [6, 6.07) is 24.9. The van der Waals surface area contributed by atoms with Gasteiger partial charge >= 0.3 is 0 Å². The zero-order valence-corrected chi connectivity index (χ0v) is 17.6. The summed E-state index contributed by atoms with van der Waals surface area (Å²) < 4.78 is 15.0. The van der Waals surface area contributed by atoms with E-state index in [-0.39, 0.29) is 13.5 Å². The molecule has 0 aliphatic heterocycles.